The molecule has 1 rings (SSSR count). The molecule has 1 N–H and O–H groups in total. The van der Waals surface area contributed by atoms with Crippen molar-refractivity contribution in [1.29, 1.82) is 0 Å². The summed E-state index contributed by atoms with van der Waals surface area (Å²) >= 11 is 5.91. The van der Waals surface area contributed by atoms with E-state index in [1.807, 2.05) is 6.92 Å². The zero-order valence-corrected chi connectivity index (χ0v) is 14.3. The van der Waals surface area contributed by atoms with Gasteiger partial charge in [-0.3, -0.25) is 15.4 Å². The van der Waals surface area contributed by atoms with E-state index in [9.17, 15) is 14.9 Å². The second-order valence-electron chi connectivity index (χ2n) is 5.73. The van der Waals surface area contributed by atoms with Crippen LogP contribution in [0.25, 0.3) is 0 Å². The predicted molar refractivity (Wildman–Crippen MR) is 86.2 cm³/mol. The van der Waals surface area contributed by atoms with Gasteiger partial charge in [-0.25, -0.2) is 4.79 Å². The van der Waals surface area contributed by atoms with Crippen LogP contribution in [0.3, 0.4) is 0 Å². The monoisotopic (exact) mass is 345 g/mol. The van der Waals surface area contributed by atoms with Gasteiger partial charge in [0.25, 0.3) is 0 Å². The Morgan fingerprint density at radius 3 is 2.65 bits per heavy atom. The number of hydrogen-bond donors (Lipinski definition) is 1. The minimum absolute atomic E-state index is 0.0973. The summed E-state index contributed by atoms with van der Waals surface area (Å²) in [7, 11) is 0. The fourth-order valence-electron chi connectivity index (χ4n) is 1.54. The topological polar surface area (TPSA) is 104 Å². The van der Waals surface area contributed by atoms with Crippen molar-refractivity contribution >= 4 is 29.2 Å². The zero-order chi connectivity index (χ0) is 17.6. The SMILES string of the molecule is CCCCOc1cc(Cl)c([N+](=O)[O-])c(NC(=O)OC(C)(C)C)n1. The molecule has 128 valence electrons. The molecule has 0 spiro atoms. The molecule has 0 aliphatic heterocycles. The summed E-state index contributed by atoms with van der Waals surface area (Å²) < 4.78 is 10.4. The van der Waals surface area contributed by atoms with E-state index in [4.69, 9.17) is 21.1 Å². The lowest BCUT2D eigenvalue weighted by atomic mass is 10.2. The number of nitrogens with zero attached hydrogens (tertiary/aromatic N) is 2. The third-order valence-corrected chi connectivity index (χ3v) is 2.76. The normalized spacial score (nSPS) is 11.0. The first-order valence-electron chi connectivity index (χ1n) is 7.11. The van der Waals surface area contributed by atoms with Gasteiger partial charge in [0.15, 0.2) is 0 Å². The fourth-order valence-corrected chi connectivity index (χ4v) is 1.79. The van der Waals surface area contributed by atoms with Crippen molar-refractivity contribution in [3.8, 4) is 5.88 Å². The molecule has 9 heteroatoms. The highest BCUT2D eigenvalue weighted by atomic mass is 35.5. The molecule has 23 heavy (non-hydrogen) atoms. The van der Waals surface area contributed by atoms with E-state index in [1.54, 1.807) is 20.8 Å². The van der Waals surface area contributed by atoms with Gasteiger partial charge in [0.1, 0.15) is 10.6 Å². The Hall–Kier alpha value is -2.09. The standard InChI is InChI=1S/C14H20ClN3O5/c1-5-6-7-22-10-8-9(15)11(18(20)21)12(16-10)17-13(19)23-14(2,3)4/h8H,5-7H2,1-4H3,(H,16,17,19). The summed E-state index contributed by atoms with van der Waals surface area (Å²) in [5.74, 6) is -0.219. The molecule has 0 atom stereocenters. The van der Waals surface area contributed by atoms with E-state index in [0.717, 1.165) is 12.8 Å². The molecule has 1 aromatic rings. The number of unbranched alkanes of at least 4 members (excludes halogenated alkanes) is 1. The molecule has 0 saturated carbocycles. The first kappa shape index (κ1) is 19.0. The quantitative estimate of drug-likeness (QED) is 0.471. The largest absolute Gasteiger partial charge is 0.478 e. The number of nitrogens with one attached hydrogen (secondary N) is 1. The minimum Gasteiger partial charge on any atom is -0.478 e. The number of anilines is 1. The smallest absolute Gasteiger partial charge is 0.413 e. The number of rotatable bonds is 6. The van der Waals surface area contributed by atoms with Crippen LogP contribution in [0.4, 0.5) is 16.3 Å². The Morgan fingerprint density at radius 2 is 2.13 bits per heavy atom. The number of pyridine rings is 1. The number of aromatic nitrogens is 1. The highest BCUT2D eigenvalue weighted by molar-refractivity contribution is 6.33. The maximum atomic E-state index is 11.8. The van der Waals surface area contributed by atoms with Crippen LogP contribution in [0.2, 0.25) is 5.02 Å². The van der Waals surface area contributed by atoms with Crippen molar-refractivity contribution < 1.29 is 19.2 Å². The summed E-state index contributed by atoms with van der Waals surface area (Å²) in [6, 6.07) is 1.25. The number of nitro groups is 1. The van der Waals surface area contributed by atoms with E-state index in [2.05, 4.69) is 10.3 Å². The van der Waals surface area contributed by atoms with Gasteiger partial charge in [-0.05, 0) is 27.2 Å². The molecule has 1 aromatic heterocycles. The molecule has 0 unspecified atom stereocenters. The second kappa shape index (κ2) is 7.96. The molecular formula is C14H20ClN3O5. The third kappa shape index (κ3) is 6.27. The van der Waals surface area contributed by atoms with Gasteiger partial charge in [0, 0.05) is 6.07 Å². The zero-order valence-electron chi connectivity index (χ0n) is 13.5. The number of halogens is 1. The summed E-state index contributed by atoms with van der Waals surface area (Å²) in [6.45, 7) is 7.40. The van der Waals surface area contributed by atoms with Crippen molar-refractivity contribution in [3.05, 3.63) is 21.2 Å². The van der Waals surface area contributed by atoms with Crippen LogP contribution in [-0.2, 0) is 4.74 Å². The first-order chi connectivity index (χ1) is 10.6. The molecule has 0 aromatic carbocycles. The summed E-state index contributed by atoms with van der Waals surface area (Å²) in [4.78, 5) is 26.1. The lowest BCUT2D eigenvalue weighted by molar-refractivity contribution is -0.384. The average Bonchev–Trinajstić information content (AvgIpc) is 2.35. The molecule has 0 fully saturated rings. The number of carbonyl (C=O) groups excluding carboxylic acids is 1. The number of ether oxygens (including phenoxy) is 2. The maximum Gasteiger partial charge on any atom is 0.413 e. The summed E-state index contributed by atoms with van der Waals surface area (Å²) in [5, 5.41) is 13.2. The molecule has 0 saturated heterocycles. The van der Waals surface area contributed by atoms with Gasteiger partial charge in [-0.1, -0.05) is 24.9 Å². The van der Waals surface area contributed by atoms with Gasteiger partial charge in [0.05, 0.1) is 11.5 Å². The van der Waals surface area contributed by atoms with Crippen LogP contribution in [0.1, 0.15) is 40.5 Å². The Morgan fingerprint density at radius 1 is 1.48 bits per heavy atom. The number of carbonyl (C=O) groups is 1. The maximum absolute atomic E-state index is 11.8. The van der Waals surface area contributed by atoms with Gasteiger partial charge in [-0.15, -0.1) is 0 Å². The molecule has 8 nitrogen and oxygen atoms in total. The fraction of sp³-hybridized carbons (Fsp3) is 0.571. The van der Waals surface area contributed by atoms with Crippen LogP contribution in [0.15, 0.2) is 6.07 Å². The first-order valence-corrected chi connectivity index (χ1v) is 7.49. The predicted octanol–water partition coefficient (Wildman–Crippen LogP) is 4.17. The molecule has 0 bridgehead atoms. The van der Waals surface area contributed by atoms with Crippen LogP contribution in [0.5, 0.6) is 5.88 Å². The lowest BCUT2D eigenvalue weighted by Crippen LogP contribution is -2.27. The highest BCUT2D eigenvalue weighted by Crippen LogP contribution is 2.34. The molecule has 0 aliphatic carbocycles. The van der Waals surface area contributed by atoms with Gasteiger partial charge < -0.3 is 9.47 Å². The Balaban J connectivity index is 3.05. The van der Waals surface area contributed by atoms with Crippen LogP contribution < -0.4 is 10.1 Å². The lowest BCUT2D eigenvalue weighted by Gasteiger charge is -2.19. The van der Waals surface area contributed by atoms with E-state index in [1.165, 1.54) is 6.07 Å². The Labute approximate surface area is 139 Å². The second-order valence-corrected chi connectivity index (χ2v) is 6.13. The van der Waals surface area contributed by atoms with Crippen LogP contribution in [0, 0.1) is 10.1 Å². The molecule has 1 heterocycles. The minimum atomic E-state index is -0.866. The molecular weight excluding hydrogens is 326 g/mol. The van der Waals surface area contributed by atoms with Crippen LogP contribution in [-0.4, -0.2) is 28.2 Å². The number of amides is 1. The van der Waals surface area contributed by atoms with Crippen molar-refractivity contribution in [3.63, 3.8) is 0 Å². The van der Waals surface area contributed by atoms with Gasteiger partial charge in [-0.2, -0.15) is 4.98 Å². The van der Waals surface area contributed by atoms with Crippen molar-refractivity contribution in [2.75, 3.05) is 11.9 Å². The average molecular weight is 346 g/mol. The van der Waals surface area contributed by atoms with Gasteiger partial charge in [0.2, 0.25) is 11.7 Å². The Bertz CT molecular complexity index is 587. The highest BCUT2D eigenvalue weighted by Gasteiger charge is 2.26. The summed E-state index contributed by atoms with van der Waals surface area (Å²) in [6.07, 6.45) is 0.851. The van der Waals surface area contributed by atoms with Crippen LogP contribution >= 0.6 is 11.6 Å². The van der Waals surface area contributed by atoms with E-state index in [0.29, 0.717) is 6.61 Å². The van der Waals surface area contributed by atoms with Crippen molar-refractivity contribution in [2.24, 2.45) is 0 Å². The van der Waals surface area contributed by atoms with Crippen molar-refractivity contribution in [1.82, 2.24) is 4.98 Å². The molecule has 1 amide bonds. The summed E-state index contributed by atoms with van der Waals surface area (Å²) in [5.41, 5.74) is -1.27. The number of hydrogen-bond acceptors (Lipinski definition) is 6. The van der Waals surface area contributed by atoms with E-state index < -0.39 is 22.3 Å². The van der Waals surface area contributed by atoms with Gasteiger partial charge >= 0.3 is 11.8 Å². The molecule has 0 radical (unpaired) electrons. The third-order valence-electron chi connectivity index (χ3n) is 2.47. The van der Waals surface area contributed by atoms with E-state index >= 15 is 0 Å². The van der Waals surface area contributed by atoms with Crippen molar-refractivity contribution in [2.45, 2.75) is 46.1 Å². The Kier molecular flexibility index (Phi) is 6.56. The van der Waals surface area contributed by atoms with E-state index in [-0.39, 0.29) is 16.7 Å². The molecule has 0 aliphatic rings.